The van der Waals surface area contributed by atoms with Gasteiger partial charge in [-0.3, -0.25) is 9.98 Å². The summed E-state index contributed by atoms with van der Waals surface area (Å²) in [5, 5.41) is 0. The van der Waals surface area contributed by atoms with E-state index in [1.54, 1.807) is 0 Å². The molecule has 2 aromatic carbocycles. The van der Waals surface area contributed by atoms with Crippen molar-refractivity contribution in [2.45, 2.75) is 53.6 Å². The van der Waals surface area contributed by atoms with Gasteiger partial charge < -0.3 is 0 Å². The topological polar surface area (TPSA) is 24.7 Å². The summed E-state index contributed by atoms with van der Waals surface area (Å²) >= 11 is 0. The zero-order chi connectivity index (χ0) is 19.2. The molecule has 0 bridgehead atoms. The maximum Gasteiger partial charge on any atom is 0.101 e. The van der Waals surface area contributed by atoms with Gasteiger partial charge in [0, 0.05) is 12.4 Å². The van der Waals surface area contributed by atoms with E-state index in [1.165, 1.54) is 11.1 Å². The minimum atomic E-state index is -0.0450. The summed E-state index contributed by atoms with van der Waals surface area (Å²) in [5.41, 5.74) is 2.44. The molecule has 0 aliphatic carbocycles. The third kappa shape index (κ3) is 6.59. The van der Waals surface area contributed by atoms with Gasteiger partial charge in [0.05, 0.1) is 0 Å². The van der Waals surface area contributed by atoms with Crippen molar-refractivity contribution in [1.82, 2.24) is 0 Å². The molecular formula is C24H32N2. The molecule has 0 heterocycles. The molecule has 2 heteroatoms. The number of rotatable bonds is 5. The van der Waals surface area contributed by atoms with E-state index in [0.29, 0.717) is 0 Å². The Morgan fingerprint density at radius 3 is 1.15 bits per heavy atom. The molecule has 138 valence electrons. The molecule has 0 unspecified atom stereocenters. The maximum absolute atomic E-state index is 5.00. The summed E-state index contributed by atoms with van der Waals surface area (Å²) in [4.78, 5) is 10.0. The molecule has 0 saturated carbocycles. The van der Waals surface area contributed by atoms with Crippen LogP contribution in [0.4, 0.5) is 0 Å². The van der Waals surface area contributed by atoms with Crippen LogP contribution in [0.15, 0.2) is 70.6 Å². The third-order valence-corrected chi connectivity index (χ3v) is 3.83. The van der Waals surface area contributed by atoms with Gasteiger partial charge in [-0.15, -0.1) is 0 Å². The van der Waals surface area contributed by atoms with E-state index in [9.17, 15) is 0 Å². The van der Waals surface area contributed by atoms with Gasteiger partial charge in [-0.2, -0.15) is 0 Å². The van der Waals surface area contributed by atoms with Crippen LogP contribution in [0, 0.1) is 10.8 Å². The SMILES string of the molecule is CC(C)(C)C=N[C@H](c1ccccc1)[C@H](N=CC(C)(C)C)c1ccccc1. The molecule has 26 heavy (non-hydrogen) atoms. The highest BCUT2D eigenvalue weighted by atomic mass is 14.9. The van der Waals surface area contributed by atoms with Crippen LogP contribution in [-0.4, -0.2) is 12.4 Å². The third-order valence-electron chi connectivity index (χ3n) is 3.83. The molecule has 2 nitrogen and oxygen atoms in total. The van der Waals surface area contributed by atoms with Crippen LogP contribution in [0.25, 0.3) is 0 Å². The Kier molecular flexibility index (Phi) is 6.52. The van der Waals surface area contributed by atoms with Crippen molar-refractivity contribution < 1.29 is 0 Å². The highest BCUT2D eigenvalue weighted by Crippen LogP contribution is 2.36. The average Bonchev–Trinajstić information content (AvgIpc) is 2.57. The van der Waals surface area contributed by atoms with E-state index >= 15 is 0 Å². The van der Waals surface area contributed by atoms with Gasteiger partial charge in [0.1, 0.15) is 12.1 Å². The molecule has 0 radical (unpaired) electrons. The van der Waals surface area contributed by atoms with Crippen LogP contribution in [-0.2, 0) is 0 Å². The van der Waals surface area contributed by atoms with Crippen molar-refractivity contribution in [3.63, 3.8) is 0 Å². The lowest BCUT2D eigenvalue weighted by Crippen LogP contribution is -2.14. The minimum Gasteiger partial charge on any atom is -0.286 e. The summed E-state index contributed by atoms with van der Waals surface area (Å²) in [6.07, 6.45) is 4.13. The Morgan fingerprint density at radius 2 is 0.885 bits per heavy atom. The van der Waals surface area contributed by atoms with E-state index in [2.05, 4.69) is 103 Å². The van der Waals surface area contributed by atoms with Gasteiger partial charge in [0.15, 0.2) is 0 Å². The molecule has 0 amide bonds. The highest BCUT2D eigenvalue weighted by Gasteiger charge is 2.24. The molecule has 0 N–H and O–H groups in total. The number of nitrogens with zero attached hydrogens (tertiary/aromatic N) is 2. The van der Waals surface area contributed by atoms with E-state index < -0.39 is 0 Å². The molecule has 0 aromatic heterocycles. The monoisotopic (exact) mass is 348 g/mol. The second kappa shape index (κ2) is 8.44. The normalized spacial score (nSPS) is 15.5. The lowest BCUT2D eigenvalue weighted by molar-refractivity contribution is 0.544. The van der Waals surface area contributed by atoms with Crippen LogP contribution in [0.1, 0.15) is 64.8 Å². The molecule has 0 fully saturated rings. The molecule has 2 rings (SSSR count). The summed E-state index contributed by atoms with van der Waals surface area (Å²) in [6, 6.07) is 20.9. The summed E-state index contributed by atoms with van der Waals surface area (Å²) in [5.74, 6) is 0. The standard InChI is InChI=1S/C24H32N2/c1-23(2,3)17-25-21(19-13-9-7-10-14-19)22(26-18-24(4,5)6)20-15-11-8-12-16-20/h7-18,21-22H,1-6H3/t21-,22-/m1/s1. The molecule has 2 aromatic rings. The summed E-state index contributed by atoms with van der Waals surface area (Å²) < 4.78 is 0. The first-order valence-electron chi connectivity index (χ1n) is 9.34. The van der Waals surface area contributed by atoms with Crippen molar-refractivity contribution in [2.24, 2.45) is 20.8 Å². The molecule has 0 spiro atoms. The zero-order valence-electron chi connectivity index (χ0n) is 17.0. The smallest absolute Gasteiger partial charge is 0.101 e. The second-order valence-corrected chi connectivity index (χ2v) is 9.00. The van der Waals surface area contributed by atoms with Gasteiger partial charge in [0.2, 0.25) is 0 Å². The van der Waals surface area contributed by atoms with Crippen molar-refractivity contribution in [3.05, 3.63) is 71.8 Å². The molecular weight excluding hydrogens is 316 g/mol. The van der Waals surface area contributed by atoms with Crippen molar-refractivity contribution in [3.8, 4) is 0 Å². The number of aliphatic imine (C=N–C) groups is 2. The van der Waals surface area contributed by atoms with Crippen LogP contribution >= 0.6 is 0 Å². The van der Waals surface area contributed by atoms with Gasteiger partial charge in [0.25, 0.3) is 0 Å². The first kappa shape index (κ1) is 20.1. The Labute approximate surface area is 159 Å². The van der Waals surface area contributed by atoms with Gasteiger partial charge in [-0.05, 0) is 22.0 Å². The fourth-order valence-electron chi connectivity index (χ4n) is 2.61. The highest BCUT2D eigenvalue weighted by molar-refractivity contribution is 5.66. The van der Waals surface area contributed by atoms with Gasteiger partial charge in [-0.25, -0.2) is 0 Å². The number of hydrogen-bond acceptors (Lipinski definition) is 2. The summed E-state index contributed by atoms with van der Waals surface area (Å²) in [7, 11) is 0. The number of benzene rings is 2. The van der Waals surface area contributed by atoms with Crippen LogP contribution in [0.2, 0.25) is 0 Å². The second-order valence-electron chi connectivity index (χ2n) is 9.00. The molecule has 0 aliphatic heterocycles. The largest absolute Gasteiger partial charge is 0.286 e. The Hall–Kier alpha value is -2.22. The van der Waals surface area contributed by atoms with Crippen molar-refractivity contribution in [2.75, 3.05) is 0 Å². The van der Waals surface area contributed by atoms with Gasteiger partial charge in [-0.1, -0.05) is 102 Å². The maximum atomic E-state index is 5.00. The fourth-order valence-corrected chi connectivity index (χ4v) is 2.61. The molecule has 2 atom stereocenters. The van der Waals surface area contributed by atoms with E-state index in [4.69, 9.17) is 9.98 Å². The zero-order valence-corrected chi connectivity index (χ0v) is 17.0. The lowest BCUT2D eigenvalue weighted by atomic mass is 9.92. The van der Waals surface area contributed by atoms with E-state index in [1.807, 2.05) is 12.1 Å². The molecule has 0 saturated heterocycles. The van der Waals surface area contributed by atoms with Crippen LogP contribution in [0.5, 0.6) is 0 Å². The predicted molar refractivity (Wildman–Crippen MR) is 114 cm³/mol. The summed E-state index contributed by atoms with van der Waals surface area (Å²) in [6.45, 7) is 13.1. The average molecular weight is 349 g/mol. The van der Waals surface area contributed by atoms with Gasteiger partial charge >= 0.3 is 0 Å². The van der Waals surface area contributed by atoms with E-state index in [-0.39, 0.29) is 22.9 Å². The minimum absolute atomic E-state index is 0.0298. The quantitative estimate of drug-likeness (QED) is 0.537. The first-order chi connectivity index (χ1) is 12.2. The fraction of sp³-hybridized carbons (Fsp3) is 0.417. The van der Waals surface area contributed by atoms with Crippen molar-refractivity contribution in [1.29, 1.82) is 0 Å². The number of hydrogen-bond donors (Lipinski definition) is 0. The molecule has 0 aliphatic rings. The lowest BCUT2D eigenvalue weighted by Gasteiger charge is -2.24. The van der Waals surface area contributed by atoms with Crippen LogP contribution < -0.4 is 0 Å². The predicted octanol–water partition coefficient (Wildman–Crippen LogP) is 6.70. The first-order valence-corrected chi connectivity index (χ1v) is 9.34. The Bertz CT molecular complexity index is 651. The van der Waals surface area contributed by atoms with Crippen LogP contribution in [0.3, 0.4) is 0 Å². The van der Waals surface area contributed by atoms with E-state index in [0.717, 1.165) is 0 Å². The Morgan fingerprint density at radius 1 is 0.577 bits per heavy atom. The van der Waals surface area contributed by atoms with Crippen molar-refractivity contribution >= 4 is 12.4 Å². The Balaban J connectivity index is 2.53.